The molecule has 2 fully saturated rings. The van der Waals surface area contributed by atoms with E-state index in [1.54, 1.807) is 24.4 Å². The molecule has 2 aromatic rings. The Bertz CT molecular complexity index is 1170. The molecule has 0 bridgehead atoms. The summed E-state index contributed by atoms with van der Waals surface area (Å²) in [5.41, 5.74) is 8.11. The molecule has 0 unspecified atom stereocenters. The van der Waals surface area contributed by atoms with Crippen LogP contribution in [-0.2, 0) is 16.0 Å². The van der Waals surface area contributed by atoms with Gasteiger partial charge in [-0.3, -0.25) is 19.5 Å². The maximum absolute atomic E-state index is 13.7. The van der Waals surface area contributed by atoms with Gasteiger partial charge in [-0.05, 0) is 37.0 Å². The zero-order valence-electron chi connectivity index (χ0n) is 19.3. The van der Waals surface area contributed by atoms with Gasteiger partial charge in [0.15, 0.2) is 0 Å². The maximum Gasteiger partial charge on any atom is 0.244 e. The first kappa shape index (κ1) is 22.1. The molecule has 1 aromatic heterocycles. The Kier molecular flexibility index (Phi) is 5.77. The lowest BCUT2D eigenvalue weighted by atomic mass is 9.76. The smallest absolute Gasteiger partial charge is 0.244 e. The molecule has 1 aliphatic carbocycles. The molecule has 0 radical (unpaired) electrons. The van der Waals surface area contributed by atoms with Crippen LogP contribution in [0.5, 0.6) is 0 Å². The number of rotatable bonds is 5. The van der Waals surface area contributed by atoms with Crippen molar-refractivity contribution in [2.24, 2.45) is 16.1 Å². The summed E-state index contributed by atoms with van der Waals surface area (Å²) in [5.74, 6) is 0.754. The predicted octanol–water partition coefficient (Wildman–Crippen LogP) is 2.56. The van der Waals surface area contributed by atoms with Gasteiger partial charge in [0, 0.05) is 61.5 Å². The van der Waals surface area contributed by atoms with Crippen molar-refractivity contribution in [3.63, 3.8) is 0 Å². The van der Waals surface area contributed by atoms with Gasteiger partial charge in [-0.1, -0.05) is 25.0 Å². The molecule has 9 heteroatoms. The van der Waals surface area contributed by atoms with Crippen molar-refractivity contribution >= 4 is 41.1 Å². The van der Waals surface area contributed by atoms with Crippen molar-refractivity contribution in [2.45, 2.75) is 44.6 Å². The van der Waals surface area contributed by atoms with Crippen LogP contribution < -0.4 is 21.3 Å². The van der Waals surface area contributed by atoms with Gasteiger partial charge in [-0.25, -0.2) is 4.98 Å². The Morgan fingerprint density at radius 2 is 2.03 bits per heavy atom. The van der Waals surface area contributed by atoms with Crippen LogP contribution in [0, 0.1) is 5.41 Å². The van der Waals surface area contributed by atoms with Gasteiger partial charge in [0.05, 0.1) is 0 Å². The van der Waals surface area contributed by atoms with Crippen LogP contribution in [0.15, 0.2) is 41.7 Å². The summed E-state index contributed by atoms with van der Waals surface area (Å²) in [7, 11) is 1.70. The first-order valence-electron chi connectivity index (χ1n) is 11.7. The number of nitrogens with one attached hydrogen (secondary N) is 2. The summed E-state index contributed by atoms with van der Waals surface area (Å²) in [4.78, 5) is 41.6. The molecule has 3 heterocycles. The number of anilines is 3. The van der Waals surface area contributed by atoms with E-state index in [2.05, 4.69) is 20.6 Å². The largest absolute Gasteiger partial charge is 0.404 e. The molecule has 3 aliphatic rings. The minimum Gasteiger partial charge on any atom is -0.404 e. The number of aliphatic imine (C=N–C) groups is 1. The van der Waals surface area contributed by atoms with E-state index >= 15 is 0 Å². The number of aromatic nitrogens is 2. The summed E-state index contributed by atoms with van der Waals surface area (Å²) >= 11 is 0. The van der Waals surface area contributed by atoms with E-state index in [0.717, 1.165) is 48.1 Å². The van der Waals surface area contributed by atoms with Crippen molar-refractivity contribution in [3.8, 4) is 0 Å². The van der Waals surface area contributed by atoms with E-state index in [1.165, 1.54) is 6.20 Å². The van der Waals surface area contributed by atoms with E-state index in [9.17, 15) is 9.59 Å². The third kappa shape index (κ3) is 3.70. The molecule has 176 valence electrons. The van der Waals surface area contributed by atoms with E-state index in [-0.39, 0.29) is 17.9 Å². The fourth-order valence-electron chi connectivity index (χ4n) is 5.29. The van der Waals surface area contributed by atoms with Gasteiger partial charge in [0.25, 0.3) is 0 Å². The van der Waals surface area contributed by atoms with Crippen LogP contribution >= 0.6 is 0 Å². The van der Waals surface area contributed by atoms with Gasteiger partial charge < -0.3 is 16.4 Å². The molecular formula is C25H29N7O2. The number of carbonyl (C=O) groups excluding carboxylic acids is 2. The van der Waals surface area contributed by atoms with Crippen LogP contribution in [-0.4, -0.2) is 47.6 Å². The molecule has 1 saturated carbocycles. The maximum atomic E-state index is 13.7. The Morgan fingerprint density at radius 1 is 1.26 bits per heavy atom. The van der Waals surface area contributed by atoms with Gasteiger partial charge >= 0.3 is 0 Å². The van der Waals surface area contributed by atoms with Crippen LogP contribution in [0.3, 0.4) is 0 Å². The first-order chi connectivity index (χ1) is 16.6. The zero-order chi connectivity index (χ0) is 23.7. The molecule has 4 N–H and O–H groups in total. The average molecular weight is 460 g/mol. The quantitative estimate of drug-likeness (QED) is 0.466. The molecule has 1 atom stereocenters. The third-order valence-electron chi connectivity index (χ3n) is 7.07. The van der Waals surface area contributed by atoms with Crippen molar-refractivity contribution in [3.05, 3.63) is 47.8 Å². The number of amides is 2. The molecule has 34 heavy (non-hydrogen) atoms. The number of fused-ring (bicyclic) bond motifs is 1. The minimum atomic E-state index is -1.03. The third-order valence-corrected chi connectivity index (χ3v) is 7.07. The number of carbonyl (C=O) groups is 2. The molecule has 5 rings (SSSR count). The second-order valence-electron chi connectivity index (χ2n) is 9.13. The highest BCUT2D eigenvalue weighted by Crippen LogP contribution is 2.44. The standard InChI is InChI=1S/C25H29N7O2/c1-27-14-18(13-26)16-6-8-19(9-7-16)30-24-29-15-17-12-25(10-11-28-22(25)33)23(34)32(21(17)31-24)20-4-2-3-5-20/h6-9,13-15,20H,2-5,10-12,26H2,1H3,(H,28,33)(H,29,30,31)/t25-/m1/s1. The second-order valence-corrected chi connectivity index (χ2v) is 9.13. The molecule has 1 spiro atoms. The summed E-state index contributed by atoms with van der Waals surface area (Å²) in [6.07, 6.45) is 9.86. The molecular weight excluding hydrogens is 430 g/mol. The van der Waals surface area contributed by atoms with Crippen molar-refractivity contribution < 1.29 is 9.59 Å². The van der Waals surface area contributed by atoms with E-state index in [1.807, 2.05) is 24.3 Å². The highest BCUT2D eigenvalue weighted by atomic mass is 16.2. The minimum absolute atomic E-state index is 0.0700. The SMILES string of the molecule is CN=CC(=CN)c1ccc(Nc2ncc3c(n2)N(C2CCCC2)C(=O)[C@]2(CCNC2=O)C3)cc1. The Morgan fingerprint density at radius 3 is 2.68 bits per heavy atom. The first-order valence-corrected chi connectivity index (χ1v) is 11.7. The summed E-state index contributed by atoms with van der Waals surface area (Å²) in [6, 6.07) is 7.79. The lowest BCUT2D eigenvalue weighted by Crippen LogP contribution is -2.56. The fraction of sp³-hybridized carbons (Fsp3) is 0.400. The van der Waals surface area contributed by atoms with E-state index in [0.29, 0.717) is 31.2 Å². The number of benzene rings is 1. The highest BCUT2D eigenvalue weighted by molar-refractivity contribution is 6.14. The zero-order valence-corrected chi connectivity index (χ0v) is 19.3. The molecule has 2 amide bonds. The van der Waals surface area contributed by atoms with Gasteiger partial charge in [-0.15, -0.1) is 0 Å². The van der Waals surface area contributed by atoms with Gasteiger partial charge in [0.2, 0.25) is 17.8 Å². The van der Waals surface area contributed by atoms with Gasteiger partial charge in [-0.2, -0.15) is 4.98 Å². The van der Waals surface area contributed by atoms with Crippen LogP contribution in [0.2, 0.25) is 0 Å². The lowest BCUT2D eigenvalue weighted by molar-refractivity contribution is -0.140. The Labute approximate surface area is 198 Å². The van der Waals surface area contributed by atoms with Crippen molar-refractivity contribution in [2.75, 3.05) is 23.8 Å². The van der Waals surface area contributed by atoms with Crippen molar-refractivity contribution in [1.29, 1.82) is 0 Å². The molecule has 9 nitrogen and oxygen atoms in total. The van der Waals surface area contributed by atoms with Crippen molar-refractivity contribution in [1.82, 2.24) is 15.3 Å². The topological polar surface area (TPSA) is 126 Å². The number of hydrogen-bond acceptors (Lipinski definition) is 7. The Hall–Kier alpha value is -3.75. The van der Waals surface area contributed by atoms with E-state index < -0.39 is 5.41 Å². The lowest BCUT2D eigenvalue weighted by Gasteiger charge is -2.40. The van der Waals surface area contributed by atoms with Crippen LogP contribution in [0.25, 0.3) is 5.57 Å². The van der Waals surface area contributed by atoms with Crippen LogP contribution in [0.4, 0.5) is 17.5 Å². The monoisotopic (exact) mass is 459 g/mol. The molecule has 1 saturated heterocycles. The average Bonchev–Trinajstić information content (AvgIpc) is 3.50. The number of hydrogen-bond donors (Lipinski definition) is 3. The second kappa shape index (κ2) is 8.89. The van der Waals surface area contributed by atoms with E-state index in [4.69, 9.17) is 10.7 Å². The predicted molar refractivity (Wildman–Crippen MR) is 132 cm³/mol. The molecule has 1 aromatic carbocycles. The van der Waals surface area contributed by atoms with Crippen LogP contribution in [0.1, 0.15) is 43.2 Å². The normalized spacial score (nSPS) is 23.1. The Balaban J connectivity index is 1.45. The number of allylic oxidation sites excluding steroid dienone is 1. The highest BCUT2D eigenvalue weighted by Gasteiger charge is 2.56. The summed E-state index contributed by atoms with van der Waals surface area (Å²) in [6.45, 7) is 0.528. The van der Waals surface area contributed by atoms with Gasteiger partial charge in [0.1, 0.15) is 11.2 Å². The summed E-state index contributed by atoms with van der Waals surface area (Å²) in [5, 5.41) is 6.10. The fourth-order valence-corrected chi connectivity index (χ4v) is 5.29. The number of nitrogens with zero attached hydrogens (tertiary/aromatic N) is 4. The molecule has 2 aliphatic heterocycles. The summed E-state index contributed by atoms with van der Waals surface area (Å²) < 4.78 is 0. The number of nitrogens with two attached hydrogens (primary N) is 1.